The van der Waals surface area contributed by atoms with Crippen LogP contribution in [0.3, 0.4) is 0 Å². The third kappa shape index (κ3) is 4.75. The minimum Gasteiger partial charge on any atom is -0.483 e. The molecule has 1 aromatic rings. The Morgan fingerprint density at radius 1 is 1.38 bits per heavy atom. The monoisotopic (exact) mass is 291 g/mol. The summed E-state index contributed by atoms with van der Waals surface area (Å²) in [6.07, 6.45) is 2.12. The predicted octanol–water partition coefficient (Wildman–Crippen LogP) is 0.280. The van der Waals surface area contributed by atoms with Gasteiger partial charge in [0.25, 0.3) is 11.8 Å². The summed E-state index contributed by atoms with van der Waals surface area (Å²) in [5, 5.41) is 6.19. The standard InChI is InChI=1S/C15H21N3O3/c16-14(19)10-21-13-4-2-1-3-12(13)15(20)18-8-6-11-5-7-17-9-11/h1-4,11,17H,5-10H2,(H2,16,19)(H,18,20). The maximum absolute atomic E-state index is 12.2. The summed E-state index contributed by atoms with van der Waals surface area (Å²) in [6, 6.07) is 6.83. The average molecular weight is 291 g/mol. The first-order chi connectivity index (χ1) is 10.2. The van der Waals surface area contributed by atoms with Crippen LogP contribution in [-0.2, 0) is 4.79 Å². The molecule has 1 heterocycles. The number of carbonyl (C=O) groups excluding carboxylic acids is 2. The Morgan fingerprint density at radius 3 is 2.90 bits per heavy atom. The van der Waals surface area contributed by atoms with E-state index < -0.39 is 5.91 Å². The van der Waals surface area contributed by atoms with E-state index in [4.69, 9.17) is 10.5 Å². The summed E-state index contributed by atoms with van der Waals surface area (Å²) < 4.78 is 5.25. The van der Waals surface area contributed by atoms with Gasteiger partial charge in [-0.2, -0.15) is 0 Å². The summed E-state index contributed by atoms with van der Waals surface area (Å²) in [5.41, 5.74) is 5.47. The van der Waals surface area contributed by atoms with Crippen molar-refractivity contribution in [2.75, 3.05) is 26.2 Å². The second-order valence-corrected chi connectivity index (χ2v) is 5.15. The number of hydrogen-bond donors (Lipinski definition) is 3. The van der Waals surface area contributed by atoms with Crippen LogP contribution >= 0.6 is 0 Å². The van der Waals surface area contributed by atoms with Crippen LogP contribution in [0.4, 0.5) is 0 Å². The molecule has 1 unspecified atom stereocenters. The Balaban J connectivity index is 1.87. The van der Waals surface area contributed by atoms with E-state index in [0.29, 0.717) is 23.8 Å². The van der Waals surface area contributed by atoms with Gasteiger partial charge in [-0.25, -0.2) is 0 Å². The number of hydrogen-bond acceptors (Lipinski definition) is 4. The van der Waals surface area contributed by atoms with Gasteiger partial charge in [-0.1, -0.05) is 12.1 Å². The lowest BCUT2D eigenvalue weighted by Gasteiger charge is -2.12. The molecule has 6 heteroatoms. The van der Waals surface area contributed by atoms with Gasteiger partial charge in [0.05, 0.1) is 5.56 Å². The van der Waals surface area contributed by atoms with Crippen molar-refractivity contribution in [3.05, 3.63) is 29.8 Å². The normalized spacial score (nSPS) is 17.4. The molecule has 1 fully saturated rings. The largest absolute Gasteiger partial charge is 0.483 e. The van der Waals surface area contributed by atoms with Crippen LogP contribution in [0.25, 0.3) is 0 Å². The van der Waals surface area contributed by atoms with Crippen molar-refractivity contribution >= 4 is 11.8 Å². The molecular formula is C15H21N3O3. The van der Waals surface area contributed by atoms with Crippen LogP contribution in [0.15, 0.2) is 24.3 Å². The maximum Gasteiger partial charge on any atom is 0.255 e. The lowest BCUT2D eigenvalue weighted by Crippen LogP contribution is -2.27. The minimum atomic E-state index is -0.570. The van der Waals surface area contributed by atoms with E-state index in [9.17, 15) is 9.59 Å². The summed E-state index contributed by atoms with van der Waals surface area (Å²) in [6.45, 7) is 2.48. The van der Waals surface area contributed by atoms with Crippen molar-refractivity contribution in [2.24, 2.45) is 11.7 Å². The maximum atomic E-state index is 12.2. The van der Waals surface area contributed by atoms with Crippen molar-refractivity contribution in [1.29, 1.82) is 0 Å². The third-order valence-corrected chi connectivity index (χ3v) is 3.50. The molecule has 2 amide bonds. The van der Waals surface area contributed by atoms with Gasteiger partial charge >= 0.3 is 0 Å². The van der Waals surface area contributed by atoms with Crippen molar-refractivity contribution in [3.8, 4) is 5.75 Å². The van der Waals surface area contributed by atoms with E-state index in [1.165, 1.54) is 0 Å². The predicted molar refractivity (Wildman–Crippen MR) is 79.1 cm³/mol. The fourth-order valence-electron chi connectivity index (χ4n) is 2.37. The van der Waals surface area contributed by atoms with Gasteiger partial charge in [0.1, 0.15) is 5.75 Å². The Labute approximate surface area is 124 Å². The fraction of sp³-hybridized carbons (Fsp3) is 0.467. The number of ether oxygens (including phenoxy) is 1. The van der Waals surface area contributed by atoms with Gasteiger partial charge in [0, 0.05) is 6.54 Å². The fourth-order valence-corrected chi connectivity index (χ4v) is 2.37. The number of carbonyl (C=O) groups is 2. The van der Waals surface area contributed by atoms with E-state index in [1.807, 2.05) is 0 Å². The van der Waals surface area contributed by atoms with Crippen LogP contribution < -0.4 is 21.1 Å². The van der Waals surface area contributed by atoms with Crippen LogP contribution in [0.5, 0.6) is 5.75 Å². The summed E-state index contributed by atoms with van der Waals surface area (Å²) in [5.74, 6) is 0.239. The minimum absolute atomic E-state index is 0.193. The molecular weight excluding hydrogens is 270 g/mol. The lowest BCUT2D eigenvalue weighted by atomic mass is 10.1. The van der Waals surface area contributed by atoms with Gasteiger partial charge in [-0.15, -0.1) is 0 Å². The van der Waals surface area contributed by atoms with Gasteiger partial charge in [0.2, 0.25) is 0 Å². The zero-order valence-electron chi connectivity index (χ0n) is 11.9. The van der Waals surface area contributed by atoms with Crippen molar-refractivity contribution in [1.82, 2.24) is 10.6 Å². The molecule has 1 atom stereocenters. The second kappa shape index (κ2) is 7.64. The molecule has 0 radical (unpaired) electrons. The van der Waals surface area contributed by atoms with Gasteiger partial charge < -0.3 is 21.1 Å². The van der Waals surface area contributed by atoms with E-state index in [-0.39, 0.29) is 12.5 Å². The SMILES string of the molecule is NC(=O)COc1ccccc1C(=O)NCCC1CCNC1. The van der Waals surface area contributed by atoms with E-state index in [2.05, 4.69) is 10.6 Å². The molecule has 1 aliphatic heterocycles. The van der Waals surface area contributed by atoms with E-state index in [1.54, 1.807) is 24.3 Å². The number of primary amides is 1. The summed E-state index contributed by atoms with van der Waals surface area (Å²) in [4.78, 5) is 22.9. The van der Waals surface area contributed by atoms with Crippen LogP contribution in [0.1, 0.15) is 23.2 Å². The number of benzene rings is 1. The quantitative estimate of drug-likeness (QED) is 0.672. The van der Waals surface area contributed by atoms with Crippen molar-refractivity contribution in [2.45, 2.75) is 12.8 Å². The highest BCUT2D eigenvalue weighted by molar-refractivity contribution is 5.97. The Hall–Kier alpha value is -2.08. The number of amides is 2. The van der Waals surface area contributed by atoms with Gasteiger partial charge in [-0.05, 0) is 44.0 Å². The van der Waals surface area contributed by atoms with Crippen LogP contribution in [0, 0.1) is 5.92 Å². The third-order valence-electron chi connectivity index (χ3n) is 3.50. The smallest absolute Gasteiger partial charge is 0.255 e. The van der Waals surface area contributed by atoms with Crippen LogP contribution in [0.2, 0.25) is 0 Å². The molecule has 0 spiro atoms. The van der Waals surface area contributed by atoms with Crippen molar-refractivity contribution < 1.29 is 14.3 Å². The van der Waals surface area contributed by atoms with Gasteiger partial charge in [-0.3, -0.25) is 9.59 Å². The van der Waals surface area contributed by atoms with E-state index >= 15 is 0 Å². The van der Waals surface area contributed by atoms with E-state index in [0.717, 1.165) is 25.9 Å². The molecule has 6 nitrogen and oxygen atoms in total. The lowest BCUT2D eigenvalue weighted by molar-refractivity contribution is -0.119. The van der Waals surface area contributed by atoms with Gasteiger partial charge in [0.15, 0.2) is 6.61 Å². The summed E-state index contributed by atoms with van der Waals surface area (Å²) in [7, 11) is 0. The topological polar surface area (TPSA) is 93.5 Å². The Bertz CT molecular complexity index is 499. The number of nitrogens with one attached hydrogen (secondary N) is 2. The highest BCUT2D eigenvalue weighted by Gasteiger charge is 2.16. The van der Waals surface area contributed by atoms with Crippen molar-refractivity contribution in [3.63, 3.8) is 0 Å². The number of nitrogens with two attached hydrogens (primary N) is 1. The zero-order valence-corrected chi connectivity index (χ0v) is 11.9. The molecule has 2 rings (SSSR count). The zero-order chi connectivity index (χ0) is 15.1. The molecule has 0 bridgehead atoms. The number of rotatable bonds is 7. The molecule has 0 saturated carbocycles. The number of para-hydroxylation sites is 1. The molecule has 1 aromatic carbocycles. The first-order valence-corrected chi connectivity index (χ1v) is 7.16. The molecule has 0 aromatic heterocycles. The molecule has 4 N–H and O–H groups in total. The summed E-state index contributed by atoms with van der Waals surface area (Å²) >= 11 is 0. The Kier molecular flexibility index (Phi) is 5.57. The first kappa shape index (κ1) is 15.3. The second-order valence-electron chi connectivity index (χ2n) is 5.15. The first-order valence-electron chi connectivity index (χ1n) is 7.16. The highest BCUT2D eigenvalue weighted by Crippen LogP contribution is 2.18. The Morgan fingerprint density at radius 2 is 2.19 bits per heavy atom. The highest BCUT2D eigenvalue weighted by atomic mass is 16.5. The van der Waals surface area contributed by atoms with Crippen LogP contribution in [-0.4, -0.2) is 38.1 Å². The average Bonchev–Trinajstić information content (AvgIpc) is 2.98. The molecule has 114 valence electrons. The molecule has 21 heavy (non-hydrogen) atoms. The molecule has 1 saturated heterocycles. The molecule has 1 aliphatic rings. The molecule has 0 aliphatic carbocycles.